The molecule has 1 aromatic rings. The molecular formula is C16H23NO2. The Morgan fingerprint density at radius 3 is 2.63 bits per heavy atom. The van der Waals surface area contributed by atoms with Crippen LogP contribution in [0.25, 0.3) is 0 Å². The smallest absolute Gasteiger partial charge is 0.261 e. The van der Waals surface area contributed by atoms with Crippen LogP contribution in [-0.2, 0) is 19.4 Å². The summed E-state index contributed by atoms with van der Waals surface area (Å²) in [4.78, 5) is 23.4. The summed E-state index contributed by atoms with van der Waals surface area (Å²) < 4.78 is 1.87. The first-order valence-electron chi connectivity index (χ1n) is 7.48. The number of aldehydes is 1. The molecule has 1 aromatic heterocycles. The van der Waals surface area contributed by atoms with Crippen LogP contribution in [0.1, 0.15) is 67.1 Å². The first-order chi connectivity index (χ1) is 9.27. The number of unbranched alkanes of at least 4 members (excludes halogenated alkanes) is 1. The van der Waals surface area contributed by atoms with Crippen molar-refractivity contribution in [2.45, 2.75) is 64.8 Å². The van der Waals surface area contributed by atoms with Gasteiger partial charge in [-0.05, 0) is 43.7 Å². The molecule has 19 heavy (non-hydrogen) atoms. The first kappa shape index (κ1) is 14.0. The second-order valence-electron chi connectivity index (χ2n) is 5.41. The van der Waals surface area contributed by atoms with Crippen LogP contribution in [0.15, 0.2) is 10.9 Å². The number of aromatic nitrogens is 1. The molecule has 0 saturated carbocycles. The van der Waals surface area contributed by atoms with Crippen molar-refractivity contribution in [3.63, 3.8) is 0 Å². The molecule has 3 nitrogen and oxygen atoms in total. The van der Waals surface area contributed by atoms with Crippen molar-refractivity contribution < 1.29 is 4.79 Å². The normalized spacial score (nSPS) is 15.4. The van der Waals surface area contributed by atoms with Crippen LogP contribution in [0.2, 0.25) is 0 Å². The van der Waals surface area contributed by atoms with Gasteiger partial charge >= 0.3 is 0 Å². The van der Waals surface area contributed by atoms with Gasteiger partial charge in [0.1, 0.15) is 0 Å². The summed E-state index contributed by atoms with van der Waals surface area (Å²) in [5.41, 5.74) is 2.64. The SMILES string of the molecule is CCCCn1c2c(cc(C=O)c1=O)CCCCCC2. The van der Waals surface area contributed by atoms with Crippen LogP contribution < -0.4 is 5.56 Å². The topological polar surface area (TPSA) is 39.1 Å². The number of carbonyl (C=O) groups excluding carboxylic acids is 1. The molecule has 0 N–H and O–H groups in total. The average Bonchev–Trinajstić information content (AvgIpc) is 2.39. The van der Waals surface area contributed by atoms with Crippen molar-refractivity contribution in [1.29, 1.82) is 0 Å². The molecule has 2 rings (SSSR count). The Bertz CT molecular complexity index is 502. The number of rotatable bonds is 4. The number of carbonyl (C=O) groups is 1. The number of hydrogen-bond donors (Lipinski definition) is 0. The van der Waals surface area contributed by atoms with Crippen molar-refractivity contribution in [3.8, 4) is 0 Å². The quantitative estimate of drug-likeness (QED) is 0.781. The first-order valence-corrected chi connectivity index (χ1v) is 7.48. The van der Waals surface area contributed by atoms with Gasteiger partial charge in [0.15, 0.2) is 6.29 Å². The van der Waals surface area contributed by atoms with Gasteiger partial charge in [-0.3, -0.25) is 9.59 Å². The van der Waals surface area contributed by atoms with Crippen LogP contribution in [0.4, 0.5) is 0 Å². The van der Waals surface area contributed by atoms with E-state index >= 15 is 0 Å². The van der Waals surface area contributed by atoms with Crippen molar-refractivity contribution >= 4 is 6.29 Å². The number of fused-ring (bicyclic) bond motifs is 1. The van der Waals surface area contributed by atoms with Crippen molar-refractivity contribution in [2.75, 3.05) is 0 Å². The summed E-state index contributed by atoms with van der Waals surface area (Å²) in [6, 6.07) is 1.83. The van der Waals surface area contributed by atoms with Crippen LogP contribution in [0.5, 0.6) is 0 Å². The zero-order chi connectivity index (χ0) is 13.7. The molecule has 0 aliphatic heterocycles. The zero-order valence-corrected chi connectivity index (χ0v) is 11.8. The molecule has 0 unspecified atom stereocenters. The Hall–Kier alpha value is -1.38. The number of hydrogen-bond acceptors (Lipinski definition) is 2. The van der Waals surface area contributed by atoms with E-state index in [1.165, 1.54) is 24.1 Å². The predicted octanol–water partition coefficient (Wildman–Crippen LogP) is 3.12. The second kappa shape index (κ2) is 6.69. The number of nitrogens with zero attached hydrogens (tertiary/aromatic N) is 1. The predicted molar refractivity (Wildman–Crippen MR) is 76.9 cm³/mol. The summed E-state index contributed by atoms with van der Waals surface area (Å²) in [6.45, 7) is 2.87. The van der Waals surface area contributed by atoms with E-state index in [0.29, 0.717) is 11.8 Å². The Morgan fingerprint density at radius 1 is 1.21 bits per heavy atom. The molecule has 0 bridgehead atoms. The van der Waals surface area contributed by atoms with E-state index < -0.39 is 0 Å². The van der Waals surface area contributed by atoms with Crippen LogP contribution in [-0.4, -0.2) is 10.9 Å². The third-order valence-electron chi connectivity index (χ3n) is 3.99. The Labute approximate surface area is 114 Å². The maximum atomic E-state index is 12.3. The molecular weight excluding hydrogens is 238 g/mol. The lowest BCUT2D eigenvalue weighted by molar-refractivity contribution is 0.112. The van der Waals surface area contributed by atoms with Crippen LogP contribution >= 0.6 is 0 Å². The Balaban J connectivity index is 2.49. The molecule has 1 heterocycles. The average molecular weight is 261 g/mol. The minimum atomic E-state index is -0.0947. The molecule has 0 fully saturated rings. The largest absolute Gasteiger partial charge is 0.312 e. The van der Waals surface area contributed by atoms with E-state index in [1.807, 2.05) is 10.6 Å². The summed E-state index contributed by atoms with van der Waals surface area (Å²) in [5, 5.41) is 0. The van der Waals surface area contributed by atoms with E-state index in [2.05, 4.69) is 6.92 Å². The zero-order valence-electron chi connectivity index (χ0n) is 11.8. The number of aryl methyl sites for hydroxylation is 1. The highest BCUT2D eigenvalue weighted by Gasteiger charge is 2.15. The van der Waals surface area contributed by atoms with E-state index in [-0.39, 0.29) is 5.56 Å². The molecule has 3 heteroatoms. The highest BCUT2D eigenvalue weighted by atomic mass is 16.1. The van der Waals surface area contributed by atoms with Crippen LogP contribution in [0, 0.1) is 0 Å². The lowest BCUT2D eigenvalue weighted by Crippen LogP contribution is -2.28. The van der Waals surface area contributed by atoms with E-state index in [4.69, 9.17) is 0 Å². The van der Waals surface area contributed by atoms with Crippen LogP contribution in [0.3, 0.4) is 0 Å². The van der Waals surface area contributed by atoms with Gasteiger partial charge in [0.25, 0.3) is 5.56 Å². The fourth-order valence-electron chi connectivity index (χ4n) is 2.90. The highest BCUT2D eigenvalue weighted by molar-refractivity contribution is 5.74. The van der Waals surface area contributed by atoms with Crippen molar-refractivity contribution in [3.05, 3.63) is 33.2 Å². The summed E-state index contributed by atoms with van der Waals surface area (Å²) in [5.74, 6) is 0. The molecule has 0 amide bonds. The molecule has 1 aliphatic rings. The molecule has 1 aliphatic carbocycles. The third kappa shape index (κ3) is 3.14. The van der Waals surface area contributed by atoms with Gasteiger partial charge in [0.2, 0.25) is 0 Å². The monoisotopic (exact) mass is 261 g/mol. The third-order valence-corrected chi connectivity index (χ3v) is 3.99. The Kier molecular flexibility index (Phi) is 4.94. The highest BCUT2D eigenvalue weighted by Crippen LogP contribution is 2.20. The van der Waals surface area contributed by atoms with Gasteiger partial charge in [-0.25, -0.2) is 0 Å². The summed E-state index contributed by atoms with van der Waals surface area (Å²) in [6.07, 6.45) is 9.57. The molecule has 0 spiro atoms. The standard InChI is InChI=1S/C16H23NO2/c1-2-3-10-17-15-9-7-5-4-6-8-13(15)11-14(12-18)16(17)19/h11-12H,2-10H2,1H3. The van der Waals surface area contributed by atoms with Gasteiger partial charge in [0, 0.05) is 12.2 Å². The lowest BCUT2D eigenvalue weighted by atomic mass is 9.95. The fraction of sp³-hybridized carbons (Fsp3) is 0.625. The van der Waals surface area contributed by atoms with Gasteiger partial charge in [-0.15, -0.1) is 0 Å². The minimum absolute atomic E-state index is 0.0947. The minimum Gasteiger partial charge on any atom is -0.312 e. The van der Waals surface area contributed by atoms with E-state index in [1.54, 1.807) is 0 Å². The van der Waals surface area contributed by atoms with E-state index in [9.17, 15) is 9.59 Å². The van der Waals surface area contributed by atoms with Gasteiger partial charge in [-0.1, -0.05) is 26.2 Å². The van der Waals surface area contributed by atoms with Crippen molar-refractivity contribution in [2.24, 2.45) is 0 Å². The fourth-order valence-corrected chi connectivity index (χ4v) is 2.90. The maximum Gasteiger partial charge on any atom is 0.261 e. The van der Waals surface area contributed by atoms with Gasteiger partial charge in [-0.2, -0.15) is 0 Å². The maximum absolute atomic E-state index is 12.3. The van der Waals surface area contributed by atoms with E-state index in [0.717, 1.165) is 45.1 Å². The van der Waals surface area contributed by atoms with Gasteiger partial charge in [0.05, 0.1) is 5.56 Å². The molecule has 0 radical (unpaired) electrons. The van der Waals surface area contributed by atoms with Crippen molar-refractivity contribution in [1.82, 2.24) is 4.57 Å². The second-order valence-corrected chi connectivity index (χ2v) is 5.41. The molecule has 0 atom stereocenters. The summed E-state index contributed by atoms with van der Waals surface area (Å²) in [7, 11) is 0. The number of pyridine rings is 1. The van der Waals surface area contributed by atoms with Gasteiger partial charge < -0.3 is 4.57 Å². The Morgan fingerprint density at radius 2 is 1.95 bits per heavy atom. The molecule has 0 saturated heterocycles. The molecule has 104 valence electrons. The summed E-state index contributed by atoms with van der Waals surface area (Å²) >= 11 is 0. The molecule has 0 aromatic carbocycles. The lowest BCUT2D eigenvalue weighted by Gasteiger charge is -2.20.